The molecule has 0 unspecified atom stereocenters. The van der Waals surface area contributed by atoms with Crippen LogP contribution < -0.4 is 10.1 Å². The van der Waals surface area contributed by atoms with E-state index >= 15 is 0 Å². The Labute approximate surface area is 163 Å². The van der Waals surface area contributed by atoms with Crippen molar-refractivity contribution in [1.82, 2.24) is 4.98 Å². The first kappa shape index (κ1) is 18.7. The lowest BCUT2D eigenvalue weighted by molar-refractivity contribution is 0.340. The molecule has 0 aliphatic heterocycles. The molecule has 27 heavy (non-hydrogen) atoms. The quantitative estimate of drug-likeness (QED) is 0.553. The van der Waals surface area contributed by atoms with Crippen LogP contribution in [0.3, 0.4) is 0 Å². The minimum Gasteiger partial charge on any atom is -0.494 e. The number of nitriles is 1. The molecule has 1 heterocycles. The normalized spacial score (nSPS) is 11.1. The van der Waals surface area contributed by atoms with E-state index in [0.29, 0.717) is 17.2 Å². The summed E-state index contributed by atoms with van der Waals surface area (Å²) in [5.41, 5.74) is 5.68. The van der Waals surface area contributed by atoms with Gasteiger partial charge in [-0.25, -0.2) is 4.98 Å². The van der Waals surface area contributed by atoms with Crippen molar-refractivity contribution in [1.29, 1.82) is 5.26 Å². The summed E-state index contributed by atoms with van der Waals surface area (Å²) >= 11 is 1.46. The molecule has 1 N–H and O–H groups in total. The van der Waals surface area contributed by atoms with Crippen LogP contribution in [0.5, 0.6) is 5.75 Å². The molecule has 4 nitrogen and oxygen atoms in total. The first-order valence-corrected chi connectivity index (χ1v) is 9.61. The van der Waals surface area contributed by atoms with E-state index in [9.17, 15) is 5.26 Å². The first-order valence-electron chi connectivity index (χ1n) is 8.73. The zero-order valence-electron chi connectivity index (χ0n) is 15.6. The molecule has 0 aliphatic rings. The van der Waals surface area contributed by atoms with Crippen LogP contribution in [0.25, 0.3) is 16.8 Å². The van der Waals surface area contributed by atoms with E-state index in [4.69, 9.17) is 4.74 Å². The fraction of sp³-hybridized carbons (Fsp3) is 0.182. The largest absolute Gasteiger partial charge is 0.494 e. The lowest BCUT2D eigenvalue weighted by Crippen LogP contribution is -1.92. The molecule has 136 valence electrons. The summed E-state index contributed by atoms with van der Waals surface area (Å²) in [6, 6.07) is 16.3. The van der Waals surface area contributed by atoms with E-state index < -0.39 is 0 Å². The van der Waals surface area contributed by atoms with Gasteiger partial charge in [0.1, 0.15) is 22.4 Å². The molecule has 0 saturated heterocycles. The number of nitrogens with one attached hydrogen (secondary N) is 1. The second-order valence-corrected chi connectivity index (χ2v) is 7.04. The molecule has 3 rings (SSSR count). The van der Waals surface area contributed by atoms with E-state index in [2.05, 4.69) is 36.3 Å². The second kappa shape index (κ2) is 8.52. The van der Waals surface area contributed by atoms with Gasteiger partial charge in [0, 0.05) is 22.8 Å². The van der Waals surface area contributed by atoms with Gasteiger partial charge in [0.25, 0.3) is 0 Å². The number of benzene rings is 2. The Balaban J connectivity index is 1.79. The number of allylic oxidation sites excluding steroid dienone is 1. The number of hydrogen-bond acceptors (Lipinski definition) is 5. The zero-order valence-corrected chi connectivity index (χ0v) is 16.4. The number of aryl methyl sites for hydroxylation is 2. The molecule has 0 bridgehead atoms. The number of nitrogens with zero attached hydrogens (tertiary/aromatic N) is 2. The predicted molar refractivity (Wildman–Crippen MR) is 112 cm³/mol. The maximum Gasteiger partial charge on any atom is 0.136 e. The Morgan fingerprint density at radius 1 is 1.19 bits per heavy atom. The Morgan fingerprint density at radius 2 is 1.89 bits per heavy atom. The summed E-state index contributed by atoms with van der Waals surface area (Å²) in [5, 5.41) is 15.4. The summed E-state index contributed by atoms with van der Waals surface area (Å²) in [6.07, 6.45) is 1.72. The molecule has 2 aromatic carbocycles. The monoisotopic (exact) mass is 375 g/mol. The third-order valence-electron chi connectivity index (χ3n) is 3.92. The van der Waals surface area contributed by atoms with Crippen LogP contribution in [0, 0.1) is 25.2 Å². The molecule has 0 radical (unpaired) electrons. The third-order valence-corrected chi connectivity index (χ3v) is 4.80. The fourth-order valence-electron chi connectivity index (χ4n) is 2.77. The van der Waals surface area contributed by atoms with Crippen molar-refractivity contribution in [3.63, 3.8) is 0 Å². The van der Waals surface area contributed by atoms with Crippen molar-refractivity contribution in [2.45, 2.75) is 20.8 Å². The Hall–Kier alpha value is -3.10. The average Bonchev–Trinajstić information content (AvgIpc) is 3.12. The van der Waals surface area contributed by atoms with Gasteiger partial charge in [0.05, 0.1) is 12.3 Å². The number of hydrogen-bond donors (Lipinski definition) is 1. The van der Waals surface area contributed by atoms with Gasteiger partial charge in [-0.3, -0.25) is 0 Å². The number of anilines is 1. The van der Waals surface area contributed by atoms with Gasteiger partial charge in [0.15, 0.2) is 0 Å². The average molecular weight is 375 g/mol. The van der Waals surface area contributed by atoms with E-state index in [1.165, 1.54) is 22.5 Å². The van der Waals surface area contributed by atoms with Crippen LogP contribution >= 0.6 is 11.3 Å². The van der Waals surface area contributed by atoms with E-state index in [-0.39, 0.29) is 0 Å². The highest BCUT2D eigenvalue weighted by Gasteiger charge is 2.09. The van der Waals surface area contributed by atoms with Gasteiger partial charge in [-0.1, -0.05) is 6.07 Å². The van der Waals surface area contributed by atoms with E-state index in [0.717, 1.165) is 22.7 Å². The minimum absolute atomic E-state index is 0.511. The molecule has 0 aliphatic carbocycles. The SMILES string of the molecule is CCOc1ccc(-c2csc(/C(C#N)=C/Nc3cc(C)cc(C)c3)n2)cc1. The van der Waals surface area contributed by atoms with Gasteiger partial charge < -0.3 is 10.1 Å². The predicted octanol–water partition coefficient (Wildman–Crippen LogP) is 5.80. The van der Waals surface area contributed by atoms with Crippen molar-refractivity contribution < 1.29 is 4.74 Å². The zero-order chi connectivity index (χ0) is 19.2. The van der Waals surface area contributed by atoms with Gasteiger partial charge in [-0.05, 0) is 68.3 Å². The van der Waals surface area contributed by atoms with Crippen LogP contribution in [0.1, 0.15) is 23.1 Å². The molecule has 5 heteroatoms. The lowest BCUT2D eigenvalue weighted by Gasteiger charge is -2.05. The molecule has 0 atom stereocenters. The highest BCUT2D eigenvalue weighted by molar-refractivity contribution is 7.11. The van der Waals surface area contributed by atoms with Crippen LogP contribution in [0.4, 0.5) is 5.69 Å². The minimum atomic E-state index is 0.511. The Bertz CT molecular complexity index is 977. The number of ether oxygens (including phenoxy) is 1. The van der Waals surface area contributed by atoms with Crippen LogP contribution in [0.2, 0.25) is 0 Å². The smallest absolute Gasteiger partial charge is 0.136 e. The van der Waals surface area contributed by atoms with Gasteiger partial charge in [0.2, 0.25) is 0 Å². The van der Waals surface area contributed by atoms with Crippen molar-refractivity contribution >= 4 is 22.6 Å². The van der Waals surface area contributed by atoms with E-state index in [1.54, 1.807) is 6.20 Å². The van der Waals surface area contributed by atoms with Crippen molar-refractivity contribution in [2.24, 2.45) is 0 Å². The summed E-state index contributed by atoms with van der Waals surface area (Å²) in [7, 11) is 0. The first-order chi connectivity index (χ1) is 13.1. The molecule has 0 saturated carbocycles. The molecular weight excluding hydrogens is 354 g/mol. The molecule has 0 spiro atoms. The Morgan fingerprint density at radius 3 is 2.52 bits per heavy atom. The van der Waals surface area contributed by atoms with E-state index in [1.807, 2.05) is 48.7 Å². The number of aromatic nitrogens is 1. The van der Waals surface area contributed by atoms with Gasteiger partial charge in [-0.15, -0.1) is 11.3 Å². The van der Waals surface area contributed by atoms with Crippen LogP contribution in [-0.4, -0.2) is 11.6 Å². The highest BCUT2D eigenvalue weighted by Crippen LogP contribution is 2.27. The van der Waals surface area contributed by atoms with Crippen LogP contribution in [-0.2, 0) is 0 Å². The van der Waals surface area contributed by atoms with Crippen molar-refractivity contribution in [3.8, 4) is 23.1 Å². The number of thiazole rings is 1. The molecule has 1 aromatic heterocycles. The second-order valence-electron chi connectivity index (χ2n) is 6.19. The van der Waals surface area contributed by atoms with Crippen molar-refractivity contribution in [3.05, 3.63) is 70.2 Å². The summed E-state index contributed by atoms with van der Waals surface area (Å²) in [6.45, 7) is 6.71. The number of rotatable bonds is 6. The van der Waals surface area contributed by atoms with Crippen molar-refractivity contribution in [2.75, 3.05) is 11.9 Å². The molecular formula is C22H21N3OS. The maximum atomic E-state index is 9.53. The lowest BCUT2D eigenvalue weighted by atomic mass is 10.1. The summed E-state index contributed by atoms with van der Waals surface area (Å²) < 4.78 is 5.47. The van der Waals surface area contributed by atoms with Crippen LogP contribution in [0.15, 0.2) is 54.0 Å². The van der Waals surface area contributed by atoms with Gasteiger partial charge >= 0.3 is 0 Å². The Kier molecular flexibility index (Phi) is 5.90. The molecule has 0 amide bonds. The topological polar surface area (TPSA) is 57.9 Å². The summed E-state index contributed by atoms with van der Waals surface area (Å²) in [4.78, 5) is 4.62. The van der Waals surface area contributed by atoms with Gasteiger partial charge in [-0.2, -0.15) is 5.26 Å². The molecule has 3 aromatic rings. The summed E-state index contributed by atoms with van der Waals surface area (Å²) in [5.74, 6) is 0.840. The standard InChI is InChI=1S/C22H21N3OS/c1-4-26-20-7-5-17(6-8-20)21-14-27-22(25-21)18(12-23)13-24-19-10-15(2)9-16(3)11-19/h5-11,13-14,24H,4H2,1-3H3/b18-13+. The third kappa shape index (κ3) is 4.75. The fourth-order valence-corrected chi connectivity index (χ4v) is 3.57. The molecule has 0 fully saturated rings. The highest BCUT2D eigenvalue weighted by atomic mass is 32.1. The maximum absolute atomic E-state index is 9.53.